The highest BCUT2D eigenvalue weighted by Crippen LogP contribution is 2.40. The molecule has 1 spiro atoms. The predicted molar refractivity (Wildman–Crippen MR) is 177 cm³/mol. The van der Waals surface area contributed by atoms with Crippen LogP contribution in [0.25, 0.3) is 0 Å². The topological polar surface area (TPSA) is 103 Å². The molecule has 3 N–H and O–H groups in total. The number of anilines is 1. The summed E-state index contributed by atoms with van der Waals surface area (Å²) in [5.41, 5.74) is 4.03. The zero-order valence-electron chi connectivity index (χ0n) is 25.2. The second-order valence-electron chi connectivity index (χ2n) is 12.0. The van der Waals surface area contributed by atoms with Crippen LogP contribution in [0.3, 0.4) is 0 Å². The lowest BCUT2D eigenvalue weighted by Crippen LogP contribution is -2.57. The molecule has 3 fully saturated rings. The zero-order chi connectivity index (χ0) is 32.3. The molecule has 3 aliphatic heterocycles. The maximum absolute atomic E-state index is 13.2. The Morgan fingerprint density at radius 1 is 0.935 bits per heavy atom. The van der Waals surface area contributed by atoms with Crippen molar-refractivity contribution in [3.63, 3.8) is 0 Å². The number of carbonyl (C=O) groups is 2. The van der Waals surface area contributed by atoms with Crippen molar-refractivity contribution in [2.75, 3.05) is 31.2 Å². The summed E-state index contributed by atoms with van der Waals surface area (Å²) in [5, 5.41) is 15.2. The van der Waals surface area contributed by atoms with E-state index < -0.39 is 21.5 Å². The lowest BCUT2D eigenvalue weighted by atomic mass is 9.85. The highest BCUT2D eigenvalue weighted by molar-refractivity contribution is 6.76. The van der Waals surface area contributed by atoms with Crippen molar-refractivity contribution in [3.8, 4) is 0 Å². The van der Waals surface area contributed by atoms with E-state index in [1.165, 1.54) is 0 Å². The van der Waals surface area contributed by atoms with Crippen LogP contribution in [0, 0.1) is 0 Å². The third kappa shape index (κ3) is 7.31. The average molecular weight is 688 g/mol. The highest BCUT2D eigenvalue weighted by atomic mass is 35.6. The van der Waals surface area contributed by atoms with Crippen LogP contribution in [0.4, 0.5) is 5.69 Å². The quantitative estimate of drug-likeness (QED) is 0.282. The first kappa shape index (κ1) is 33.0. The number of nitrogens with one attached hydrogen (secondary N) is 2. The summed E-state index contributed by atoms with van der Waals surface area (Å²) in [5.74, 6) is -0.594. The van der Waals surface area contributed by atoms with Gasteiger partial charge in [0.2, 0.25) is 5.91 Å². The average Bonchev–Trinajstić information content (AvgIpc) is 3.39. The van der Waals surface area contributed by atoms with Crippen LogP contribution >= 0.6 is 34.8 Å². The van der Waals surface area contributed by atoms with Crippen molar-refractivity contribution in [1.29, 1.82) is 0 Å². The number of aliphatic hydroxyl groups excluding tert-OH is 1. The monoisotopic (exact) mass is 686 g/mol. The van der Waals surface area contributed by atoms with Crippen molar-refractivity contribution in [3.05, 3.63) is 101 Å². The number of ether oxygens (including phenoxy) is 2. The van der Waals surface area contributed by atoms with Gasteiger partial charge in [0, 0.05) is 43.9 Å². The first-order valence-electron chi connectivity index (χ1n) is 15.4. The summed E-state index contributed by atoms with van der Waals surface area (Å²) in [6.45, 7) is 2.94. The Labute approximate surface area is 283 Å². The first-order valence-corrected chi connectivity index (χ1v) is 16.6. The second-order valence-corrected chi connectivity index (χ2v) is 14.3. The lowest BCUT2D eigenvalue weighted by Gasteiger charge is -2.45. The first-order chi connectivity index (χ1) is 22.1. The van der Waals surface area contributed by atoms with Gasteiger partial charge in [0.25, 0.3) is 9.70 Å². The van der Waals surface area contributed by atoms with Crippen LogP contribution in [-0.2, 0) is 32.2 Å². The minimum atomic E-state index is -2.02. The number of para-hydroxylation sites is 1. The van der Waals surface area contributed by atoms with Crippen molar-refractivity contribution in [2.45, 2.75) is 60.2 Å². The fourth-order valence-corrected chi connectivity index (χ4v) is 6.73. The summed E-state index contributed by atoms with van der Waals surface area (Å²) < 4.78 is 11.0. The molecule has 6 rings (SSSR count). The number of aliphatic hydroxyl groups is 1. The number of carbonyl (C=O) groups excluding carboxylic acids is 2. The van der Waals surface area contributed by atoms with Gasteiger partial charge in [-0.2, -0.15) is 0 Å². The largest absolute Gasteiger partial charge is 0.392 e. The number of nitrogens with zero attached hydrogens (tertiary/aromatic N) is 2. The van der Waals surface area contributed by atoms with Gasteiger partial charge < -0.3 is 35.0 Å². The summed E-state index contributed by atoms with van der Waals surface area (Å²) >= 11 is 17.0. The van der Waals surface area contributed by atoms with Gasteiger partial charge in [-0.3, -0.25) is 9.59 Å². The number of hydrogen-bond acceptors (Lipinski definition) is 7. The van der Waals surface area contributed by atoms with Gasteiger partial charge in [0.1, 0.15) is 5.54 Å². The van der Waals surface area contributed by atoms with Crippen LogP contribution in [-0.4, -0.2) is 63.6 Å². The van der Waals surface area contributed by atoms with Crippen molar-refractivity contribution in [1.82, 2.24) is 15.5 Å². The molecule has 244 valence electrons. The number of benzene rings is 3. The van der Waals surface area contributed by atoms with Gasteiger partial charge in [-0.1, -0.05) is 102 Å². The minimum Gasteiger partial charge on any atom is -0.392 e. The fraction of sp³-hybridized carbons (Fsp3) is 0.412. The van der Waals surface area contributed by atoms with Gasteiger partial charge in [0.15, 0.2) is 6.29 Å². The van der Waals surface area contributed by atoms with Crippen LogP contribution in [0.2, 0.25) is 0 Å². The van der Waals surface area contributed by atoms with Crippen LogP contribution in [0.15, 0.2) is 78.9 Å². The van der Waals surface area contributed by atoms with Crippen molar-refractivity contribution < 1.29 is 24.2 Å². The molecule has 3 saturated heterocycles. The van der Waals surface area contributed by atoms with Gasteiger partial charge in [-0.25, -0.2) is 0 Å². The summed E-state index contributed by atoms with van der Waals surface area (Å²) in [4.78, 5) is 29.7. The fourth-order valence-electron chi connectivity index (χ4n) is 6.53. The Balaban J connectivity index is 1.14. The van der Waals surface area contributed by atoms with Crippen LogP contribution in [0.1, 0.15) is 53.9 Å². The lowest BCUT2D eigenvalue weighted by molar-refractivity contribution is -0.253. The number of hydrogen-bond donors (Lipinski definition) is 3. The van der Waals surface area contributed by atoms with Crippen LogP contribution in [0.5, 0.6) is 0 Å². The number of alkyl halides is 3. The molecule has 3 aliphatic rings. The second kappa shape index (κ2) is 14.1. The van der Waals surface area contributed by atoms with Crippen molar-refractivity contribution >= 4 is 52.3 Å². The Kier molecular flexibility index (Phi) is 10.1. The number of halogens is 3. The maximum atomic E-state index is 13.2. The molecular weight excluding hydrogens is 651 g/mol. The highest BCUT2D eigenvalue weighted by Gasteiger charge is 2.50. The Hall–Kier alpha value is -2.89. The Morgan fingerprint density at radius 3 is 2.24 bits per heavy atom. The SMILES string of the molecule is O=C(NCc1ccc([C@H]2O[C@@H](CN3CCC4(CC3)C(=O)NCN4c3ccccc3)C[C@@H](c3ccc(CO)cc3)O2)cc1)C(Cl)(Cl)Cl. The van der Waals surface area contributed by atoms with Gasteiger partial charge in [-0.15, -0.1) is 0 Å². The van der Waals surface area contributed by atoms with E-state index >= 15 is 0 Å². The minimum absolute atomic E-state index is 0.0230. The molecule has 3 heterocycles. The van der Waals surface area contributed by atoms with E-state index in [-0.39, 0.29) is 31.3 Å². The summed E-state index contributed by atoms with van der Waals surface area (Å²) in [6.07, 6.45) is 1.16. The van der Waals surface area contributed by atoms with E-state index in [1.807, 2.05) is 66.7 Å². The number of likely N-dealkylation sites (tertiary alicyclic amines) is 1. The van der Waals surface area contributed by atoms with Gasteiger partial charge >= 0.3 is 0 Å². The molecule has 3 aromatic carbocycles. The summed E-state index contributed by atoms with van der Waals surface area (Å²) in [7, 11) is 0. The molecule has 2 amide bonds. The van der Waals surface area contributed by atoms with E-state index in [2.05, 4.69) is 32.6 Å². The van der Waals surface area contributed by atoms with Crippen molar-refractivity contribution in [2.24, 2.45) is 0 Å². The Morgan fingerprint density at radius 2 is 1.59 bits per heavy atom. The molecule has 0 saturated carbocycles. The normalized spacial score (nSPS) is 23.3. The zero-order valence-corrected chi connectivity index (χ0v) is 27.5. The van der Waals surface area contributed by atoms with E-state index in [0.29, 0.717) is 19.6 Å². The molecule has 3 aromatic rings. The molecule has 0 radical (unpaired) electrons. The van der Waals surface area contributed by atoms with E-state index in [4.69, 9.17) is 44.3 Å². The molecule has 0 bridgehead atoms. The number of amides is 2. The molecule has 0 aliphatic carbocycles. The smallest absolute Gasteiger partial charge is 0.272 e. The standard InChI is InChI=1S/C34H37Cl3N4O5/c35-34(36,37)32(44)38-19-23-6-12-26(13-7-23)30-45-28(18-29(46-30)25-10-8-24(21-42)9-11-25)20-40-16-14-33(15-17-40)31(43)39-22-41(33)27-4-2-1-3-5-27/h1-13,28-30,42H,14-22H2,(H,38,44)(H,39,43)/t28-,29+,30+/m1/s1. The van der Waals surface area contributed by atoms with E-state index in [0.717, 1.165) is 53.9 Å². The molecule has 0 aromatic heterocycles. The summed E-state index contributed by atoms with van der Waals surface area (Å²) in [6, 6.07) is 25.5. The molecule has 46 heavy (non-hydrogen) atoms. The van der Waals surface area contributed by atoms with Gasteiger partial charge in [0.05, 0.1) is 25.5 Å². The maximum Gasteiger partial charge on any atom is 0.272 e. The van der Waals surface area contributed by atoms with Crippen LogP contribution < -0.4 is 15.5 Å². The Bertz CT molecular complexity index is 1500. The van der Waals surface area contributed by atoms with Gasteiger partial charge in [-0.05, 0) is 41.7 Å². The predicted octanol–water partition coefficient (Wildman–Crippen LogP) is 5.14. The number of rotatable bonds is 8. The molecule has 9 nitrogen and oxygen atoms in total. The molecular formula is C34H37Cl3N4O5. The molecule has 12 heteroatoms. The molecule has 0 unspecified atom stereocenters. The van der Waals surface area contributed by atoms with E-state index in [9.17, 15) is 14.7 Å². The third-order valence-electron chi connectivity index (χ3n) is 9.13. The van der Waals surface area contributed by atoms with E-state index in [1.54, 1.807) is 0 Å². The number of piperidine rings is 1. The third-order valence-corrected chi connectivity index (χ3v) is 9.64. The molecule has 3 atom stereocenters.